The average Bonchev–Trinajstić information content (AvgIpc) is 3.18. The summed E-state index contributed by atoms with van der Waals surface area (Å²) < 4.78 is 43.4. The quantitative estimate of drug-likeness (QED) is 0.319. The van der Waals surface area contributed by atoms with Gasteiger partial charge in [-0.15, -0.1) is 11.3 Å². The summed E-state index contributed by atoms with van der Waals surface area (Å²) in [5.74, 6) is 0.571. The topological polar surface area (TPSA) is 58.5 Å². The number of thiazole rings is 1. The molecule has 0 aliphatic carbocycles. The molecule has 0 amide bonds. The van der Waals surface area contributed by atoms with E-state index in [2.05, 4.69) is 32.7 Å². The van der Waals surface area contributed by atoms with Gasteiger partial charge in [-0.1, -0.05) is 30.3 Å². The first-order chi connectivity index (χ1) is 14.0. The molecule has 1 aromatic heterocycles. The maximum atomic E-state index is 12.6. The van der Waals surface area contributed by atoms with Gasteiger partial charge in [0.1, 0.15) is 5.01 Å². The van der Waals surface area contributed by atoms with Crippen molar-refractivity contribution in [1.82, 2.24) is 15.6 Å². The molecule has 0 bridgehead atoms. The summed E-state index contributed by atoms with van der Waals surface area (Å²) in [5.41, 5.74) is 0.404. The first-order valence-corrected chi connectivity index (χ1v) is 10.5. The number of aliphatic imine (C=N–C) groups is 1. The second kappa shape index (κ2) is 12.4. The number of benzene rings is 1. The molecule has 0 unspecified atom stereocenters. The highest BCUT2D eigenvalue weighted by Gasteiger charge is 2.33. The van der Waals surface area contributed by atoms with Crippen molar-refractivity contribution in [1.29, 1.82) is 0 Å². The van der Waals surface area contributed by atoms with Crippen molar-refractivity contribution in [2.45, 2.75) is 38.9 Å². The lowest BCUT2D eigenvalue weighted by Crippen LogP contribution is -2.37. The van der Waals surface area contributed by atoms with Crippen LogP contribution in [0.25, 0.3) is 0 Å². The third kappa shape index (κ3) is 9.27. The fourth-order valence-corrected chi connectivity index (χ4v) is 3.20. The fraction of sp³-hybridized carbons (Fsp3) is 0.500. The fourth-order valence-electron chi connectivity index (χ4n) is 2.47. The molecule has 0 atom stereocenters. The Labute approximate surface area is 173 Å². The Morgan fingerprint density at radius 1 is 1.14 bits per heavy atom. The van der Waals surface area contributed by atoms with E-state index >= 15 is 0 Å². The number of halogens is 3. The number of alkyl halides is 3. The van der Waals surface area contributed by atoms with Crippen molar-refractivity contribution in [3.8, 4) is 0 Å². The van der Waals surface area contributed by atoms with Crippen LogP contribution in [0.3, 0.4) is 0 Å². The lowest BCUT2D eigenvalue weighted by Gasteiger charge is -2.11. The molecule has 0 aliphatic rings. The third-order valence-electron chi connectivity index (χ3n) is 3.94. The zero-order valence-electron chi connectivity index (χ0n) is 16.5. The monoisotopic (exact) mass is 428 g/mol. The lowest BCUT2D eigenvalue weighted by atomic mass is 10.2. The Morgan fingerprint density at radius 2 is 1.93 bits per heavy atom. The number of aromatic nitrogens is 1. The molecule has 2 rings (SSSR count). The summed E-state index contributed by atoms with van der Waals surface area (Å²) in [5, 5.41) is 7.62. The number of nitrogens with one attached hydrogen (secondary N) is 2. The SMILES string of the molecule is CCNC(=NCc1nc(C(F)(F)F)cs1)NCCCCOCCc1ccccc1. The Balaban J connectivity index is 1.62. The van der Waals surface area contributed by atoms with E-state index < -0.39 is 11.9 Å². The molecular weight excluding hydrogens is 401 g/mol. The van der Waals surface area contributed by atoms with E-state index in [0.717, 1.165) is 36.0 Å². The van der Waals surface area contributed by atoms with E-state index in [-0.39, 0.29) is 6.54 Å². The summed E-state index contributed by atoms with van der Waals surface area (Å²) in [6, 6.07) is 10.2. The maximum absolute atomic E-state index is 12.6. The van der Waals surface area contributed by atoms with E-state index in [1.165, 1.54) is 5.56 Å². The largest absolute Gasteiger partial charge is 0.434 e. The second-order valence-corrected chi connectivity index (χ2v) is 7.24. The van der Waals surface area contributed by atoms with Crippen molar-refractivity contribution in [3.05, 3.63) is 52.0 Å². The Kier molecular flexibility index (Phi) is 9.93. The minimum atomic E-state index is -4.41. The molecule has 9 heteroatoms. The van der Waals surface area contributed by atoms with Crippen LogP contribution >= 0.6 is 11.3 Å². The van der Waals surface area contributed by atoms with Crippen molar-refractivity contribution in [2.75, 3.05) is 26.3 Å². The Morgan fingerprint density at radius 3 is 2.62 bits per heavy atom. The van der Waals surface area contributed by atoms with Crippen LogP contribution in [0.4, 0.5) is 13.2 Å². The maximum Gasteiger partial charge on any atom is 0.434 e. The van der Waals surface area contributed by atoms with Gasteiger partial charge >= 0.3 is 6.18 Å². The minimum Gasteiger partial charge on any atom is -0.381 e. The molecule has 1 heterocycles. The standard InChI is InChI=1S/C20H27F3N4OS/c1-2-24-19(26-14-18-27-17(15-29-18)20(21,22)23)25-11-6-7-12-28-13-10-16-8-4-3-5-9-16/h3-5,8-9,15H,2,6-7,10-14H2,1H3,(H2,24,25,26). The van der Waals surface area contributed by atoms with Gasteiger partial charge in [-0.25, -0.2) is 9.98 Å². The van der Waals surface area contributed by atoms with E-state index in [1.807, 2.05) is 25.1 Å². The first-order valence-electron chi connectivity index (χ1n) is 9.64. The summed E-state index contributed by atoms with van der Waals surface area (Å²) >= 11 is 0.964. The second-order valence-electron chi connectivity index (χ2n) is 6.30. The molecular formula is C20H27F3N4OS. The Bertz CT molecular complexity index is 735. The molecule has 5 nitrogen and oxygen atoms in total. The smallest absolute Gasteiger partial charge is 0.381 e. The zero-order chi connectivity index (χ0) is 21.0. The highest BCUT2D eigenvalue weighted by atomic mass is 32.1. The van der Waals surface area contributed by atoms with E-state index in [9.17, 15) is 13.2 Å². The van der Waals surface area contributed by atoms with Crippen LogP contribution in [-0.2, 0) is 23.9 Å². The van der Waals surface area contributed by atoms with Crippen LogP contribution in [-0.4, -0.2) is 37.2 Å². The van der Waals surface area contributed by atoms with Crippen molar-refractivity contribution in [3.63, 3.8) is 0 Å². The molecule has 29 heavy (non-hydrogen) atoms. The normalized spacial score (nSPS) is 12.2. The highest BCUT2D eigenvalue weighted by molar-refractivity contribution is 7.09. The minimum absolute atomic E-state index is 0.110. The predicted molar refractivity (Wildman–Crippen MR) is 110 cm³/mol. The van der Waals surface area contributed by atoms with Crippen LogP contribution in [0, 0.1) is 0 Å². The van der Waals surface area contributed by atoms with Gasteiger partial charge < -0.3 is 15.4 Å². The number of hydrogen-bond donors (Lipinski definition) is 2. The average molecular weight is 429 g/mol. The predicted octanol–water partition coefficient (Wildman–Crippen LogP) is 4.26. The number of rotatable bonds is 11. The van der Waals surface area contributed by atoms with Crippen molar-refractivity contribution < 1.29 is 17.9 Å². The highest BCUT2D eigenvalue weighted by Crippen LogP contribution is 2.30. The van der Waals surface area contributed by atoms with Crippen LogP contribution in [0.5, 0.6) is 0 Å². The van der Waals surface area contributed by atoms with E-state index in [1.54, 1.807) is 0 Å². The molecule has 2 N–H and O–H groups in total. The number of hydrogen-bond acceptors (Lipinski definition) is 4. The van der Waals surface area contributed by atoms with Gasteiger partial charge in [-0.05, 0) is 31.7 Å². The van der Waals surface area contributed by atoms with Crippen LogP contribution in [0.15, 0.2) is 40.7 Å². The van der Waals surface area contributed by atoms with Gasteiger partial charge in [0.25, 0.3) is 0 Å². The molecule has 1 aromatic carbocycles. The number of unbranched alkanes of at least 4 members (excludes halogenated alkanes) is 1. The van der Waals surface area contributed by atoms with Crippen LogP contribution in [0.2, 0.25) is 0 Å². The van der Waals surface area contributed by atoms with Gasteiger partial charge in [-0.3, -0.25) is 0 Å². The first kappa shape index (κ1) is 23.2. The molecule has 0 fully saturated rings. The van der Waals surface area contributed by atoms with Gasteiger partial charge in [0.2, 0.25) is 0 Å². The molecule has 0 spiro atoms. The van der Waals surface area contributed by atoms with Crippen LogP contribution < -0.4 is 10.6 Å². The molecule has 0 saturated carbocycles. The van der Waals surface area contributed by atoms with Gasteiger partial charge in [0.15, 0.2) is 11.7 Å². The molecule has 160 valence electrons. The third-order valence-corrected chi connectivity index (χ3v) is 4.78. The number of ether oxygens (including phenoxy) is 1. The van der Waals surface area contributed by atoms with Gasteiger partial charge in [0.05, 0.1) is 13.2 Å². The molecule has 0 aliphatic heterocycles. The van der Waals surface area contributed by atoms with E-state index in [4.69, 9.17) is 4.74 Å². The molecule has 2 aromatic rings. The summed E-state index contributed by atoms with van der Waals surface area (Å²) in [6.07, 6.45) is -1.68. The van der Waals surface area contributed by atoms with Gasteiger partial charge in [-0.2, -0.15) is 13.2 Å². The number of nitrogens with zero attached hydrogens (tertiary/aromatic N) is 2. The van der Waals surface area contributed by atoms with E-state index in [0.29, 0.717) is 37.3 Å². The summed E-state index contributed by atoms with van der Waals surface area (Å²) in [6.45, 7) is 4.82. The zero-order valence-corrected chi connectivity index (χ0v) is 17.3. The Hall–Kier alpha value is -2.13. The number of guanidine groups is 1. The summed E-state index contributed by atoms with van der Waals surface area (Å²) in [7, 11) is 0. The van der Waals surface area contributed by atoms with Crippen LogP contribution in [0.1, 0.15) is 36.0 Å². The lowest BCUT2D eigenvalue weighted by molar-refractivity contribution is -0.140. The van der Waals surface area contributed by atoms with Crippen molar-refractivity contribution in [2.24, 2.45) is 4.99 Å². The van der Waals surface area contributed by atoms with Crippen molar-refractivity contribution >= 4 is 17.3 Å². The summed E-state index contributed by atoms with van der Waals surface area (Å²) in [4.78, 5) is 7.89. The molecule has 0 saturated heterocycles. The molecule has 0 radical (unpaired) electrons. The van der Waals surface area contributed by atoms with Gasteiger partial charge in [0, 0.05) is 25.1 Å².